The van der Waals surface area contributed by atoms with Crippen LogP contribution in [0.1, 0.15) is 36.5 Å². The Bertz CT molecular complexity index is 1450. The summed E-state index contributed by atoms with van der Waals surface area (Å²) in [5.74, 6) is -0.234. The van der Waals surface area contributed by atoms with Crippen molar-refractivity contribution >= 4 is 11.6 Å². The van der Waals surface area contributed by atoms with Crippen LogP contribution in [0.2, 0.25) is 5.02 Å². The Morgan fingerprint density at radius 3 is 2.54 bits per heavy atom. The smallest absolute Gasteiger partial charge is 0.277 e. The van der Waals surface area contributed by atoms with Crippen molar-refractivity contribution in [1.82, 2.24) is 19.5 Å². The van der Waals surface area contributed by atoms with Gasteiger partial charge in [0.2, 0.25) is 0 Å². The molecule has 180 valence electrons. The number of aryl methyl sites for hydroxylation is 2. The van der Waals surface area contributed by atoms with E-state index in [1.54, 1.807) is 57.3 Å². The summed E-state index contributed by atoms with van der Waals surface area (Å²) < 4.78 is 20.3. The van der Waals surface area contributed by atoms with Crippen LogP contribution in [-0.4, -0.2) is 24.6 Å². The maximum atomic E-state index is 13.3. The Morgan fingerprint density at radius 1 is 1.09 bits per heavy atom. The molecule has 0 aliphatic heterocycles. The van der Waals surface area contributed by atoms with E-state index in [-0.39, 0.29) is 17.4 Å². The average molecular weight is 495 g/mol. The molecule has 4 heterocycles. The predicted molar refractivity (Wildman–Crippen MR) is 131 cm³/mol. The van der Waals surface area contributed by atoms with Crippen LogP contribution in [0, 0.1) is 19.7 Å². The van der Waals surface area contributed by atoms with Crippen LogP contribution in [0.3, 0.4) is 0 Å². The summed E-state index contributed by atoms with van der Waals surface area (Å²) in [6.45, 7) is 6.97. The molecule has 0 saturated carbocycles. The van der Waals surface area contributed by atoms with Gasteiger partial charge in [0.15, 0.2) is 0 Å². The highest BCUT2D eigenvalue weighted by Crippen LogP contribution is 2.27. The van der Waals surface area contributed by atoms with Crippen LogP contribution in [0.4, 0.5) is 4.39 Å². The van der Waals surface area contributed by atoms with Crippen molar-refractivity contribution < 1.29 is 14.2 Å². The highest BCUT2D eigenvalue weighted by molar-refractivity contribution is 6.31. The molecule has 1 N–H and O–H groups in total. The molecule has 0 bridgehead atoms. The highest BCUT2D eigenvalue weighted by Gasteiger charge is 2.20. The number of halogens is 2. The molecule has 4 aromatic rings. The molecule has 0 spiro atoms. The van der Waals surface area contributed by atoms with Crippen LogP contribution in [0.15, 0.2) is 59.7 Å². The molecule has 0 aromatic carbocycles. The topological polar surface area (TPSA) is 90.1 Å². The van der Waals surface area contributed by atoms with E-state index in [1.165, 1.54) is 16.7 Å². The standard InChI is InChI=1S/C26H24ClFN4O3/c1-15-12-30-20(19-6-5-7-23(31-19)26(3,4)34)11-21(15)32-16(2)10-22(24(27)25(32)33)35-14-18-9-8-17(28)13-29-18/h5-13,34H,14H2,1-4H3. The molecule has 0 saturated heterocycles. The molecular formula is C26H24ClFN4O3. The van der Waals surface area contributed by atoms with Crippen molar-refractivity contribution in [3.8, 4) is 22.8 Å². The quantitative estimate of drug-likeness (QED) is 0.410. The second-order valence-electron chi connectivity index (χ2n) is 8.68. The van der Waals surface area contributed by atoms with Gasteiger partial charge in [-0.2, -0.15) is 0 Å². The van der Waals surface area contributed by atoms with Gasteiger partial charge in [-0.05, 0) is 63.6 Å². The normalized spacial score (nSPS) is 11.5. The summed E-state index contributed by atoms with van der Waals surface area (Å²) >= 11 is 6.40. The minimum atomic E-state index is -1.11. The zero-order chi connectivity index (χ0) is 25.3. The van der Waals surface area contributed by atoms with Gasteiger partial charge in [-0.25, -0.2) is 9.37 Å². The molecule has 0 aliphatic rings. The Hall–Kier alpha value is -3.62. The molecule has 35 heavy (non-hydrogen) atoms. The molecule has 9 heteroatoms. The van der Waals surface area contributed by atoms with Crippen LogP contribution in [0.5, 0.6) is 5.75 Å². The fraction of sp³-hybridized carbons (Fsp3) is 0.231. The third kappa shape index (κ3) is 5.23. The molecule has 4 aromatic heterocycles. The maximum Gasteiger partial charge on any atom is 0.277 e. The van der Waals surface area contributed by atoms with Crippen LogP contribution >= 0.6 is 11.6 Å². The van der Waals surface area contributed by atoms with Gasteiger partial charge in [0.05, 0.1) is 34.7 Å². The van der Waals surface area contributed by atoms with Crippen molar-refractivity contribution in [2.45, 2.75) is 39.9 Å². The van der Waals surface area contributed by atoms with E-state index in [4.69, 9.17) is 16.3 Å². The van der Waals surface area contributed by atoms with Gasteiger partial charge in [-0.3, -0.25) is 19.3 Å². The molecule has 0 aliphatic carbocycles. The van der Waals surface area contributed by atoms with E-state index in [0.29, 0.717) is 34.2 Å². The molecule has 7 nitrogen and oxygen atoms in total. The van der Waals surface area contributed by atoms with Crippen LogP contribution in [0.25, 0.3) is 17.1 Å². The fourth-order valence-electron chi connectivity index (χ4n) is 3.54. The van der Waals surface area contributed by atoms with E-state index in [1.807, 2.05) is 6.92 Å². The third-order valence-electron chi connectivity index (χ3n) is 5.42. The summed E-state index contributed by atoms with van der Waals surface area (Å²) in [7, 11) is 0. The molecule has 0 radical (unpaired) electrons. The number of aromatic nitrogens is 4. The second kappa shape index (κ2) is 9.56. The summed E-state index contributed by atoms with van der Waals surface area (Å²) in [5, 5.41) is 10.2. The number of ether oxygens (including phenoxy) is 1. The van der Waals surface area contributed by atoms with Crippen molar-refractivity contribution in [2.75, 3.05) is 0 Å². The van der Waals surface area contributed by atoms with Gasteiger partial charge in [0, 0.05) is 18.0 Å². The lowest BCUT2D eigenvalue weighted by Gasteiger charge is -2.18. The average Bonchev–Trinajstić information content (AvgIpc) is 2.82. The SMILES string of the molecule is Cc1cnc(-c2cccc(C(C)(C)O)n2)cc1-n1c(C)cc(OCc2ccc(F)cn2)c(Cl)c1=O. The summed E-state index contributed by atoms with van der Waals surface area (Å²) in [6, 6.07) is 11.5. The van der Waals surface area contributed by atoms with Crippen molar-refractivity contribution in [3.63, 3.8) is 0 Å². The Morgan fingerprint density at radius 2 is 1.86 bits per heavy atom. The van der Waals surface area contributed by atoms with Gasteiger partial charge < -0.3 is 9.84 Å². The van der Waals surface area contributed by atoms with Gasteiger partial charge in [0.25, 0.3) is 5.56 Å². The number of nitrogens with zero attached hydrogens (tertiary/aromatic N) is 4. The van der Waals surface area contributed by atoms with E-state index in [9.17, 15) is 14.3 Å². The van der Waals surface area contributed by atoms with Crippen molar-refractivity contribution in [2.24, 2.45) is 0 Å². The van der Waals surface area contributed by atoms with E-state index in [2.05, 4.69) is 15.0 Å². The first-order valence-electron chi connectivity index (χ1n) is 10.9. The minimum absolute atomic E-state index is 0.0323. The first-order valence-corrected chi connectivity index (χ1v) is 11.2. The second-order valence-corrected chi connectivity index (χ2v) is 9.06. The zero-order valence-corrected chi connectivity index (χ0v) is 20.5. The van der Waals surface area contributed by atoms with Crippen molar-refractivity contribution in [3.05, 3.63) is 98.7 Å². The lowest BCUT2D eigenvalue weighted by atomic mass is 10.0. The summed E-state index contributed by atoms with van der Waals surface area (Å²) in [4.78, 5) is 26.2. The van der Waals surface area contributed by atoms with Gasteiger partial charge >= 0.3 is 0 Å². The third-order valence-corrected chi connectivity index (χ3v) is 5.77. The number of pyridine rings is 4. The molecule has 0 amide bonds. The predicted octanol–water partition coefficient (Wildman–Crippen LogP) is 4.91. The zero-order valence-electron chi connectivity index (χ0n) is 19.7. The van der Waals surface area contributed by atoms with Gasteiger partial charge in [-0.15, -0.1) is 0 Å². The molecule has 0 atom stereocenters. The number of aliphatic hydroxyl groups is 1. The largest absolute Gasteiger partial charge is 0.485 e. The summed E-state index contributed by atoms with van der Waals surface area (Å²) in [5.41, 5.74) is 2.51. The van der Waals surface area contributed by atoms with E-state index < -0.39 is 17.0 Å². The minimum Gasteiger partial charge on any atom is -0.485 e. The van der Waals surface area contributed by atoms with Crippen LogP contribution in [-0.2, 0) is 12.2 Å². The molecular weight excluding hydrogens is 471 g/mol. The Labute approximate surface area is 206 Å². The first-order chi connectivity index (χ1) is 16.5. The van der Waals surface area contributed by atoms with Crippen LogP contribution < -0.4 is 10.3 Å². The molecule has 0 unspecified atom stereocenters. The lowest BCUT2D eigenvalue weighted by molar-refractivity contribution is 0.0740. The number of hydrogen-bond acceptors (Lipinski definition) is 6. The summed E-state index contributed by atoms with van der Waals surface area (Å²) in [6.07, 6.45) is 2.76. The fourth-order valence-corrected chi connectivity index (χ4v) is 3.74. The maximum absolute atomic E-state index is 13.3. The Balaban J connectivity index is 1.72. The first kappa shape index (κ1) is 24.5. The van der Waals surface area contributed by atoms with Gasteiger partial charge in [0.1, 0.15) is 28.8 Å². The highest BCUT2D eigenvalue weighted by atomic mass is 35.5. The van der Waals surface area contributed by atoms with E-state index in [0.717, 1.165) is 11.8 Å². The Kier molecular flexibility index (Phi) is 6.69. The lowest BCUT2D eigenvalue weighted by Crippen LogP contribution is -2.23. The molecule has 0 fully saturated rings. The number of rotatable bonds is 6. The van der Waals surface area contributed by atoms with Gasteiger partial charge in [-0.1, -0.05) is 17.7 Å². The number of hydrogen-bond donors (Lipinski definition) is 1. The van der Waals surface area contributed by atoms with Crippen molar-refractivity contribution in [1.29, 1.82) is 0 Å². The van der Waals surface area contributed by atoms with E-state index >= 15 is 0 Å². The molecule has 4 rings (SSSR count). The monoisotopic (exact) mass is 494 g/mol.